The normalized spacial score (nSPS) is 19.7. The van der Waals surface area contributed by atoms with E-state index in [1.165, 1.54) is 37.1 Å². The lowest BCUT2D eigenvalue weighted by Crippen LogP contribution is -2.31. The standard InChI is InChI=1S/C19H28N2/c1-19(2,3)16-9-12-21(13-10-16)14-15-6-4-8-18-17(15)7-5-11-20-18/h4,6,8-9,20H,5,7,10-14H2,1-3H3. The molecule has 1 aromatic rings. The smallest absolute Gasteiger partial charge is 0.0375 e. The molecule has 1 aromatic carbocycles. The van der Waals surface area contributed by atoms with E-state index < -0.39 is 0 Å². The first-order chi connectivity index (χ1) is 10.0. The van der Waals surface area contributed by atoms with Gasteiger partial charge in [-0.15, -0.1) is 0 Å². The Hall–Kier alpha value is -1.28. The second kappa shape index (κ2) is 5.84. The zero-order chi connectivity index (χ0) is 14.9. The first-order valence-electron chi connectivity index (χ1n) is 8.30. The molecule has 114 valence electrons. The maximum atomic E-state index is 3.54. The lowest BCUT2D eigenvalue weighted by Gasteiger charge is -2.33. The van der Waals surface area contributed by atoms with Crippen molar-refractivity contribution in [1.82, 2.24) is 4.90 Å². The minimum absolute atomic E-state index is 0.335. The van der Waals surface area contributed by atoms with E-state index in [2.05, 4.69) is 55.3 Å². The number of nitrogens with one attached hydrogen (secondary N) is 1. The van der Waals surface area contributed by atoms with Crippen LogP contribution in [0.2, 0.25) is 0 Å². The van der Waals surface area contributed by atoms with Crippen molar-refractivity contribution in [2.45, 2.75) is 46.6 Å². The second-order valence-electron chi connectivity index (χ2n) is 7.44. The molecule has 0 bridgehead atoms. The van der Waals surface area contributed by atoms with Gasteiger partial charge in [-0.05, 0) is 41.9 Å². The van der Waals surface area contributed by atoms with E-state index in [0.717, 1.165) is 19.6 Å². The van der Waals surface area contributed by atoms with E-state index in [1.54, 1.807) is 11.1 Å². The van der Waals surface area contributed by atoms with Crippen molar-refractivity contribution >= 4 is 5.69 Å². The van der Waals surface area contributed by atoms with Crippen molar-refractivity contribution in [1.29, 1.82) is 0 Å². The van der Waals surface area contributed by atoms with Crippen LogP contribution < -0.4 is 5.32 Å². The number of hydrogen-bond donors (Lipinski definition) is 1. The Kier molecular flexibility index (Phi) is 4.08. The minimum atomic E-state index is 0.335. The summed E-state index contributed by atoms with van der Waals surface area (Å²) in [4.78, 5) is 2.58. The van der Waals surface area contributed by atoms with Crippen LogP contribution in [0.3, 0.4) is 0 Å². The zero-order valence-electron chi connectivity index (χ0n) is 13.7. The molecule has 0 fully saturated rings. The van der Waals surface area contributed by atoms with Crippen molar-refractivity contribution in [3.8, 4) is 0 Å². The van der Waals surface area contributed by atoms with Gasteiger partial charge in [-0.2, -0.15) is 0 Å². The highest BCUT2D eigenvalue weighted by Gasteiger charge is 2.22. The third kappa shape index (κ3) is 3.32. The lowest BCUT2D eigenvalue weighted by atomic mass is 9.83. The van der Waals surface area contributed by atoms with E-state index >= 15 is 0 Å². The monoisotopic (exact) mass is 284 g/mol. The van der Waals surface area contributed by atoms with Crippen molar-refractivity contribution in [2.75, 3.05) is 25.0 Å². The number of benzene rings is 1. The van der Waals surface area contributed by atoms with Crippen LogP contribution in [-0.4, -0.2) is 24.5 Å². The molecule has 0 unspecified atom stereocenters. The average Bonchev–Trinajstić information content (AvgIpc) is 2.47. The van der Waals surface area contributed by atoms with E-state index in [9.17, 15) is 0 Å². The average molecular weight is 284 g/mol. The second-order valence-corrected chi connectivity index (χ2v) is 7.44. The predicted molar refractivity (Wildman–Crippen MR) is 90.7 cm³/mol. The summed E-state index contributed by atoms with van der Waals surface area (Å²) in [5, 5.41) is 3.54. The number of nitrogens with zero attached hydrogens (tertiary/aromatic N) is 1. The van der Waals surface area contributed by atoms with Crippen molar-refractivity contribution in [3.63, 3.8) is 0 Å². The summed E-state index contributed by atoms with van der Waals surface area (Å²) in [6, 6.07) is 6.74. The number of anilines is 1. The summed E-state index contributed by atoms with van der Waals surface area (Å²) >= 11 is 0. The third-order valence-electron chi connectivity index (χ3n) is 4.84. The van der Waals surface area contributed by atoms with Gasteiger partial charge in [-0.1, -0.05) is 44.6 Å². The fourth-order valence-corrected chi connectivity index (χ4v) is 3.51. The summed E-state index contributed by atoms with van der Waals surface area (Å²) < 4.78 is 0. The van der Waals surface area contributed by atoms with Gasteiger partial charge in [0.15, 0.2) is 0 Å². The van der Waals surface area contributed by atoms with Crippen LogP contribution in [0, 0.1) is 5.41 Å². The van der Waals surface area contributed by atoms with E-state index in [4.69, 9.17) is 0 Å². The van der Waals surface area contributed by atoms with Crippen LogP contribution in [-0.2, 0) is 13.0 Å². The molecule has 0 aliphatic carbocycles. The summed E-state index contributed by atoms with van der Waals surface area (Å²) in [5.41, 5.74) is 6.39. The molecule has 0 amide bonds. The molecule has 2 aliphatic rings. The molecule has 0 saturated heterocycles. The van der Waals surface area contributed by atoms with Crippen LogP contribution in [0.15, 0.2) is 29.8 Å². The molecular weight excluding hydrogens is 256 g/mol. The van der Waals surface area contributed by atoms with Gasteiger partial charge in [0.1, 0.15) is 0 Å². The quantitative estimate of drug-likeness (QED) is 0.818. The van der Waals surface area contributed by atoms with Gasteiger partial charge in [-0.25, -0.2) is 0 Å². The Morgan fingerprint density at radius 3 is 2.76 bits per heavy atom. The van der Waals surface area contributed by atoms with E-state index in [0.29, 0.717) is 5.41 Å². The fraction of sp³-hybridized carbons (Fsp3) is 0.579. The van der Waals surface area contributed by atoms with Crippen LogP contribution >= 0.6 is 0 Å². The van der Waals surface area contributed by atoms with Gasteiger partial charge in [0, 0.05) is 31.9 Å². The van der Waals surface area contributed by atoms with Crippen LogP contribution in [0.5, 0.6) is 0 Å². The summed E-state index contributed by atoms with van der Waals surface area (Å²) in [6.07, 6.45) is 6.17. The molecule has 21 heavy (non-hydrogen) atoms. The molecule has 0 aromatic heterocycles. The largest absolute Gasteiger partial charge is 0.385 e. The van der Waals surface area contributed by atoms with Crippen molar-refractivity contribution in [3.05, 3.63) is 41.0 Å². The highest BCUT2D eigenvalue weighted by Crippen LogP contribution is 2.31. The highest BCUT2D eigenvalue weighted by atomic mass is 15.1. The summed E-state index contributed by atoms with van der Waals surface area (Å²) in [6.45, 7) is 11.5. The summed E-state index contributed by atoms with van der Waals surface area (Å²) in [7, 11) is 0. The maximum absolute atomic E-state index is 3.54. The molecule has 1 N–H and O–H groups in total. The molecule has 2 nitrogen and oxygen atoms in total. The predicted octanol–water partition coefficient (Wildman–Crippen LogP) is 4.22. The minimum Gasteiger partial charge on any atom is -0.385 e. The van der Waals surface area contributed by atoms with Gasteiger partial charge >= 0.3 is 0 Å². The molecular formula is C19H28N2. The molecule has 3 rings (SSSR count). The Labute approximate surface area is 129 Å². The van der Waals surface area contributed by atoms with E-state index in [1.807, 2.05) is 0 Å². The lowest BCUT2D eigenvalue weighted by molar-refractivity contribution is 0.270. The topological polar surface area (TPSA) is 15.3 Å². The molecule has 0 saturated carbocycles. The first-order valence-corrected chi connectivity index (χ1v) is 8.30. The molecule has 0 spiro atoms. The SMILES string of the molecule is CC(C)(C)C1=CCN(Cc2cccc3c2CCCN3)CC1. The van der Waals surface area contributed by atoms with Gasteiger partial charge in [0.25, 0.3) is 0 Å². The molecule has 2 heteroatoms. The molecule has 2 aliphatic heterocycles. The van der Waals surface area contributed by atoms with Crippen molar-refractivity contribution in [2.24, 2.45) is 5.41 Å². The van der Waals surface area contributed by atoms with E-state index in [-0.39, 0.29) is 0 Å². The Morgan fingerprint density at radius 1 is 1.19 bits per heavy atom. The molecule has 2 heterocycles. The molecule has 0 radical (unpaired) electrons. The Bertz CT molecular complexity index is 537. The van der Waals surface area contributed by atoms with Gasteiger partial charge in [-0.3, -0.25) is 4.90 Å². The van der Waals surface area contributed by atoms with Gasteiger partial charge in [0.2, 0.25) is 0 Å². The number of rotatable bonds is 2. The fourth-order valence-electron chi connectivity index (χ4n) is 3.51. The van der Waals surface area contributed by atoms with Crippen molar-refractivity contribution < 1.29 is 0 Å². The van der Waals surface area contributed by atoms with Crippen LogP contribution in [0.1, 0.15) is 44.7 Å². The van der Waals surface area contributed by atoms with Crippen LogP contribution in [0.4, 0.5) is 5.69 Å². The Balaban J connectivity index is 1.70. The highest BCUT2D eigenvalue weighted by molar-refractivity contribution is 5.56. The number of fused-ring (bicyclic) bond motifs is 1. The number of hydrogen-bond acceptors (Lipinski definition) is 2. The summed E-state index contributed by atoms with van der Waals surface area (Å²) in [5.74, 6) is 0. The first kappa shape index (κ1) is 14.6. The Morgan fingerprint density at radius 2 is 2.05 bits per heavy atom. The zero-order valence-corrected chi connectivity index (χ0v) is 13.7. The van der Waals surface area contributed by atoms with Gasteiger partial charge in [0.05, 0.1) is 0 Å². The van der Waals surface area contributed by atoms with Crippen LogP contribution in [0.25, 0.3) is 0 Å². The molecule has 0 atom stereocenters. The van der Waals surface area contributed by atoms with Gasteiger partial charge < -0.3 is 5.32 Å². The third-order valence-corrected chi connectivity index (χ3v) is 4.84. The maximum Gasteiger partial charge on any atom is 0.0375 e.